The summed E-state index contributed by atoms with van der Waals surface area (Å²) < 4.78 is 0. The van der Waals surface area contributed by atoms with Gasteiger partial charge in [0.15, 0.2) is 0 Å². The number of hydrogen-bond acceptors (Lipinski definition) is 3. The lowest BCUT2D eigenvalue weighted by atomic mass is 10.2. The van der Waals surface area contributed by atoms with Crippen molar-refractivity contribution in [3.63, 3.8) is 0 Å². The van der Waals surface area contributed by atoms with E-state index in [9.17, 15) is 4.79 Å². The molecule has 1 amide bonds. The second-order valence-corrected chi connectivity index (χ2v) is 3.84. The van der Waals surface area contributed by atoms with Gasteiger partial charge in [0, 0.05) is 19.0 Å². The summed E-state index contributed by atoms with van der Waals surface area (Å²) in [5.74, 6) is 0.111. The molecule has 82 valence electrons. The Hall–Kier alpha value is -2.02. The first-order chi connectivity index (χ1) is 7.79. The van der Waals surface area contributed by atoms with Crippen LogP contribution in [0.2, 0.25) is 0 Å². The van der Waals surface area contributed by atoms with Crippen molar-refractivity contribution in [1.29, 1.82) is 5.26 Å². The summed E-state index contributed by atoms with van der Waals surface area (Å²) in [6, 6.07) is 9.67. The van der Waals surface area contributed by atoms with Crippen LogP contribution < -0.4 is 10.6 Å². The minimum Gasteiger partial charge on any atom is -0.382 e. The lowest BCUT2D eigenvalue weighted by molar-refractivity contribution is -0.119. The minimum atomic E-state index is 0.111. The van der Waals surface area contributed by atoms with Gasteiger partial charge in [-0.2, -0.15) is 5.26 Å². The van der Waals surface area contributed by atoms with Crippen LogP contribution >= 0.6 is 0 Å². The number of anilines is 1. The van der Waals surface area contributed by atoms with Crippen LogP contribution in [-0.2, 0) is 4.79 Å². The largest absolute Gasteiger partial charge is 0.382 e. The summed E-state index contributed by atoms with van der Waals surface area (Å²) >= 11 is 0. The summed E-state index contributed by atoms with van der Waals surface area (Å²) in [6.07, 6.45) is 1.47. The van der Waals surface area contributed by atoms with Crippen LogP contribution in [0.5, 0.6) is 0 Å². The lowest BCUT2D eigenvalue weighted by Crippen LogP contribution is -2.31. The zero-order valence-corrected chi connectivity index (χ0v) is 8.86. The molecule has 1 unspecified atom stereocenters. The van der Waals surface area contributed by atoms with Crippen LogP contribution in [-0.4, -0.2) is 18.5 Å². The Balaban J connectivity index is 1.95. The van der Waals surface area contributed by atoms with E-state index in [2.05, 4.69) is 16.7 Å². The number of rotatable bonds is 3. The molecule has 0 aromatic heterocycles. The zero-order valence-electron chi connectivity index (χ0n) is 8.86. The van der Waals surface area contributed by atoms with E-state index in [1.165, 1.54) is 0 Å². The van der Waals surface area contributed by atoms with E-state index < -0.39 is 0 Å². The fourth-order valence-electron chi connectivity index (χ4n) is 1.80. The number of nitrogens with one attached hydrogen (secondary N) is 2. The highest BCUT2D eigenvalue weighted by atomic mass is 16.1. The highest BCUT2D eigenvalue weighted by molar-refractivity contribution is 5.78. The van der Waals surface area contributed by atoms with Crippen LogP contribution in [0.15, 0.2) is 24.3 Å². The predicted molar refractivity (Wildman–Crippen MR) is 60.8 cm³/mol. The fraction of sp³-hybridized carbons (Fsp3) is 0.333. The van der Waals surface area contributed by atoms with Crippen LogP contribution in [0.4, 0.5) is 5.69 Å². The molecular formula is C12H13N3O. The molecule has 2 N–H and O–H groups in total. The molecule has 1 aliphatic heterocycles. The number of amides is 1. The predicted octanol–water partition coefficient (Wildman–Crippen LogP) is 1.25. The number of carbonyl (C=O) groups is 1. The molecule has 1 saturated heterocycles. The highest BCUT2D eigenvalue weighted by Gasteiger charge is 2.20. The van der Waals surface area contributed by atoms with E-state index in [0.717, 1.165) is 12.1 Å². The third kappa shape index (κ3) is 2.31. The van der Waals surface area contributed by atoms with Gasteiger partial charge in [-0.05, 0) is 18.6 Å². The summed E-state index contributed by atoms with van der Waals surface area (Å²) in [7, 11) is 0. The Morgan fingerprint density at radius 1 is 1.50 bits per heavy atom. The summed E-state index contributed by atoms with van der Waals surface area (Å²) in [5, 5.41) is 15.0. The molecule has 4 nitrogen and oxygen atoms in total. The third-order valence-electron chi connectivity index (χ3n) is 2.67. The van der Waals surface area contributed by atoms with E-state index in [0.29, 0.717) is 18.5 Å². The van der Waals surface area contributed by atoms with Gasteiger partial charge in [-0.15, -0.1) is 0 Å². The molecule has 1 fully saturated rings. The van der Waals surface area contributed by atoms with E-state index in [4.69, 9.17) is 5.26 Å². The minimum absolute atomic E-state index is 0.111. The van der Waals surface area contributed by atoms with Crippen LogP contribution in [0.25, 0.3) is 0 Å². The zero-order chi connectivity index (χ0) is 11.4. The van der Waals surface area contributed by atoms with Crippen LogP contribution in [0.1, 0.15) is 18.4 Å². The average molecular weight is 215 g/mol. The SMILES string of the molecule is N#Cc1ccccc1NCC1CCC(=O)N1. The van der Waals surface area contributed by atoms with Gasteiger partial charge >= 0.3 is 0 Å². The lowest BCUT2D eigenvalue weighted by Gasteiger charge is -2.13. The molecule has 0 saturated carbocycles. The van der Waals surface area contributed by atoms with Crippen molar-refractivity contribution in [2.24, 2.45) is 0 Å². The van der Waals surface area contributed by atoms with Crippen LogP contribution in [0.3, 0.4) is 0 Å². The molecule has 1 atom stereocenters. The van der Waals surface area contributed by atoms with E-state index in [1.54, 1.807) is 6.07 Å². The monoisotopic (exact) mass is 215 g/mol. The van der Waals surface area contributed by atoms with Gasteiger partial charge < -0.3 is 10.6 Å². The van der Waals surface area contributed by atoms with E-state index >= 15 is 0 Å². The van der Waals surface area contributed by atoms with Crippen molar-refractivity contribution in [2.45, 2.75) is 18.9 Å². The summed E-state index contributed by atoms with van der Waals surface area (Å²) in [6.45, 7) is 0.671. The second-order valence-electron chi connectivity index (χ2n) is 3.84. The Morgan fingerprint density at radius 2 is 2.31 bits per heavy atom. The molecule has 0 spiro atoms. The van der Waals surface area contributed by atoms with Gasteiger partial charge in [0.1, 0.15) is 6.07 Å². The molecule has 1 aliphatic rings. The molecular weight excluding hydrogens is 202 g/mol. The maximum absolute atomic E-state index is 11.0. The highest BCUT2D eigenvalue weighted by Crippen LogP contribution is 2.14. The van der Waals surface area contributed by atoms with Gasteiger partial charge in [0.2, 0.25) is 5.91 Å². The van der Waals surface area contributed by atoms with Crippen molar-refractivity contribution in [3.8, 4) is 6.07 Å². The van der Waals surface area contributed by atoms with Crippen molar-refractivity contribution < 1.29 is 4.79 Å². The first kappa shape index (κ1) is 10.5. The van der Waals surface area contributed by atoms with Crippen molar-refractivity contribution >= 4 is 11.6 Å². The number of benzene rings is 1. The number of carbonyl (C=O) groups excluding carboxylic acids is 1. The fourth-order valence-corrected chi connectivity index (χ4v) is 1.80. The third-order valence-corrected chi connectivity index (χ3v) is 2.67. The topological polar surface area (TPSA) is 64.9 Å². The molecule has 4 heteroatoms. The van der Waals surface area contributed by atoms with Crippen LogP contribution in [0, 0.1) is 11.3 Å². The van der Waals surface area contributed by atoms with Gasteiger partial charge in [0.05, 0.1) is 11.3 Å². The number of hydrogen-bond donors (Lipinski definition) is 2. The smallest absolute Gasteiger partial charge is 0.220 e. The molecule has 0 aliphatic carbocycles. The Kier molecular flexibility index (Phi) is 3.06. The van der Waals surface area contributed by atoms with Crippen molar-refractivity contribution in [2.75, 3.05) is 11.9 Å². The first-order valence-corrected chi connectivity index (χ1v) is 5.32. The molecule has 2 rings (SSSR count). The van der Waals surface area contributed by atoms with Gasteiger partial charge in [-0.25, -0.2) is 0 Å². The summed E-state index contributed by atoms with van der Waals surface area (Å²) in [4.78, 5) is 11.0. The number of para-hydroxylation sites is 1. The maximum Gasteiger partial charge on any atom is 0.220 e. The Labute approximate surface area is 94.3 Å². The molecule has 1 heterocycles. The van der Waals surface area contributed by atoms with E-state index in [-0.39, 0.29) is 11.9 Å². The van der Waals surface area contributed by atoms with Gasteiger partial charge in [0.25, 0.3) is 0 Å². The van der Waals surface area contributed by atoms with Crippen molar-refractivity contribution in [1.82, 2.24) is 5.32 Å². The number of nitriles is 1. The van der Waals surface area contributed by atoms with Gasteiger partial charge in [-0.3, -0.25) is 4.79 Å². The standard InChI is InChI=1S/C12H13N3O/c13-7-9-3-1-2-4-11(9)14-8-10-5-6-12(16)15-10/h1-4,10,14H,5-6,8H2,(H,15,16). The Morgan fingerprint density at radius 3 is 3.00 bits per heavy atom. The Bertz CT molecular complexity index is 436. The van der Waals surface area contributed by atoms with Gasteiger partial charge in [-0.1, -0.05) is 12.1 Å². The summed E-state index contributed by atoms with van der Waals surface area (Å²) in [5.41, 5.74) is 1.46. The first-order valence-electron chi connectivity index (χ1n) is 5.32. The van der Waals surface area contributed by atoms with Crippen molar-refractivity contribution in [3.05, 3.63) is 29.8 Å². The number of nitrogens with zero attached hydrogens (tertiary/aromatic N) is 1. The molecule has 1 aromatic carbocycles. The molecule has 0 radical (unpaired) electrons. The van der Waals surface area contributed by atoms with E-state index in [1.807, 2.05) is 18.2 Å². The average Bonchev–Trinajstić information content (AvgIpc) is 2.73. The normalized spacial score (nSPS) is 18.9. The quantitative estimate of drug-likeness (QED) is 0.797. The molecule has 0 bridgehead atoms. The maximum atomic E-state index is 11.0. The molecule has 16 heavy (non-hydrogen) atoms. The molecule has 1 aromatic rings. The second kappa shape index (κ2) is 4.67.